The zero-order valence-corrected chi connectivity index (χ0v) is 26.7. The summed E-state index contributed by atoms with van der Waals surface area (Å²) >= 11 is 0. The molecule has 0 aliphatic rings. The van der Waals surface area contributed by atoms with Crippen LogP contribution in [0.5, 0.6) is 0 Å². The fourth-order valence-electron chi connectivity index (χ4n) is 3.48. The second kappa shape index (κ2) is 26.9. The number of hydrogen-bond acceptors (Lipinski definition) is 10. The Morgan fingerprint density at radius 3 is 1.54 bits per heavy atom. The summed E-state index contributed by atoms with van der Waals surface area (Å²) in [6, 6.07) is 27.2. The van der Waals surface area contributed by atoms with Gasteiger partial charge in [0.05, 0.1) is 25.7 Å². The van der Waals surface area contributed by atoms with Crippen LogP contribution in [0.4, 0.5) is 0 Å². The summed E-state index contributed by atoms with van der Waals surface area (Å²) < 4.78 is 4.15. The summed E-state index contributed by atoms with van der Waals surface area (Å²) in [5.74, 6) is -5.22. The molecule has 0 heterocycles. The molecule has 0 saturated heterocycles. The van der Waals surface area contributed by atoms with E-state index in [-0.39, 0.29) is 0 Å². The van der Waals surface area contributed by atoms with Crippen molar-refractivity contribution in [1.29, 1.82) is 0 Å². The Morgan fingerprint density at radius 1 is 0.646 bits per heavy atom. The molecule has 0 amide bonds. The third kappa shape index (κ3) is 23.1. The van der Waals surface area contributed by atoms with Gasteiger partial charge in [-0.25, -0.2) is 0 Å². The number of ether oxygens (including phenoxy) is 1. The Balaban J connectivity index is 0.000000627. The van der Waals surface area contributed by atoms with Gasteiger partial charge >= 0.3 is 29.8 Å². The molecule has 13 heteroatoms. The van der Waals surface area contributed by atoms with E-state index in [9.17, 15) is 28.8 Å². The molecule has 0 unspecified atom stereocenters. The molecule has 0 aliphatic carbocycles. The van der Waals surface area contributed by atoms with E-state index in [1.54, 1.807) is 0 Å². The summed E-state index contributed by atoms with van der Waals surface area (Å²) in [7, 11) is 0. The van der Waals surface area contributed by atoms with Crippen molar-refractivity contribution in [2.24, 2.45) is 17.2 Å². The van der Waals surface area contributed by atoms with Crippen molar-refractivity contribution in [1.82, 2.24) is 0 Å². The minimum absolute atomic E-state index is 0.409. The van der Waals surface area contributed by atoms with Crippen molar-refractivity contribution < 1.29 is 48.8 Å². The van der Waals surface area contributed by atoms with Crippen LogP contribution in [-0.4, -0.2) is 70.6 Å². The molecule has 0 bridgehead atoms. The lowest BCUT2D eigenvalue weighted by Gasteiger charge is -2.03. The fraction of sp³-hybridized carbons (Fsp3) is 0.314. The summed E-state index contributed by atoms with van der Waals surface area (Å²) in [5, 5.41) is 24.7. The molecule has 0 spiro atoms. The van der Waals surface area contributed by atoms with Crippen molar-refractivity contribution in [3.8, 4) is 11.1 Å². The summed E-state index contributed by atoms with van der Waals surface area (Å²) in [6.07, 6.45) is 2.34. The normalized spacial score (nSPS) is 10.2. The average molecular weight is 668 g/mol. The first kappa shape index (κ1) is 42.8. The highest BCUT2D eigenvalue weighted by molar-refractivity contribution is 5.88. The van der Waals surface area contributed by atoms with Crippen molar-refractivity contribution >= 4 is 36.1 Å². The highest BCUT2D eigenvalue weighted by Crippen LogP contribution is 2.18. The third-order valence-corrected chi connectivity index (χ3v) is 6.03. The zero-order valence-electron chi connectivity index (χ0n) is 26.7. The Hall–Kier alpha value is -5.24. The van der Waals surface area contributed by atoms with Gasteiger partial charge in [-0.1, -0.05) is 91.3 Å². The maximum atomic E-state index is 10.7. The number of nitrogens with two attached hydrogens (primary N) is 3. The minimum Gasteiger partial charge on any atom is -0.481 e. The van der Waals surface area contributed by atoms with Gasteiger partial charge in [0.25, 0.3) is 0 Å². The van der Waals surface area contributed by atoms with E-state index < -0.39 is 61.6 Å². The number of rotatable bonds is 15. The molecule has 3 rings (SSSR count). The molecule has 3 aromatic carbocycles. The highest BCUT2D eigenvalue weighted by atomic mass is 16.6. The van der Waals surface area contributed by atoms with Crippen molar-refractivity contribution in [3.05, 3.63) is 96.1 Å². The quantitative estimate of drug-likeness (QED) is 0.0586. The molecule has 9 N–H and O–H groups in total. The molecule has 3 aromatic rings. The Bertz CT molecular complexity index is 1340. The van der Waals surface area contributed by atoms with Crippen molar-refractivity contribution in [3.63, 3.8) is 0 Å². The lowest BCUT2D eigenvalue weighted by Crippen LogP contribution is -2.29. The molecule has 260 valence electrons. The number of hydrogen-bond donors (Lipinski definition) is 6. The number of benzene rings is 3. The van der Waals surface area contributed by atoms with Gasteiger partial charge in [-0.15, -0.1) is 0 Å². The Morgan fingerprint density at radius 2 is 1.12 bits per heavy atom. The molecule has 48 heavy (non-hydrogen) atoms. The van der Waals surface area contributed by atoms with Crippen LogP contribution in [0.2, 0.25) is 0 Å². The molecular formula is C35H45N3O10. The van der Waals surface area contributed by atoms with Gasteiger partial charge in [-0.05, 0) is 49.0 Å². The maximum absolute atomic E-state index is 10.7. The second-order valence-corrected chi connectivity index (χ2v) is 9.99. The van der Waals surface area contributed by atoms with Gasteiger partial charge in [0.15, 0.2) is 0 Å². The number of unbranched alkanes of at least 4 members (excludes halogenated alkanes) is 1. The van der Waals surface area contributed by atoms with Crippen LogP contribution in [0.15, 0.2) is 84.9 Å². The predicted molar refractivity (Wildman–Crippen MR) is 180 cm³/mol. The van der Waals surface area contributed by atoms with Crippen molar-refractivity contribution in [2.45, 2.75) is 57.4 Å². The highest BCUT2D eigenvalue weighted by Gasteiger charge is 2.13. The zero-order chi connectivity index (χ0) is 36.2. The molecule has 13 nitrogen and oxygen atoms in total. The van der Waals surface area contributed by atoms with Gasteiger partial charge < -0.3 is 37.3 Å². The maximum Gasteiger partial charge on any atom is 0.320 e. The smallest absolute Gasteiger partial charge is 0.320 e. The first-order valence-corrected chi connectivity index (χ1v) is 15.1. The molecule has 0 fully saturated rings. The minimum atomic E-state index is -1.18. The number of esters is 2. The fourth-order valence-corrected chi connectivity index (χ4v) is 3.48. The molecule has 0 saturated carbocycles. The Labute approximate surface area is 279 Å². The lowest BCUT2D eigenvalue weighted by molar-refractivity contribution is -0.162. The van der Waals surface area contributed by atoms with Crippen LogP contribution in [0, 0.1) is 0 Å². The van der Waals surface area contributed by atoms with E-state index in [2.05, 4.69) is 29.0 Å². The van der Waals surface area contributed by atoms with Gasteiger partial charge in [0.2, 0.25) is 0 Å². The van der Waals surface area contributed by atoms with Crippen molar-refractivity contribution in [2.75, 3.05) is 13.1 Å². The molecule has 0 aliphatic heterocycles. The summed E-state index contributed by atoms with van der Waals surface area (Å²) in [4.78, 5) is 62.2. The van der Waals surface area contributed by atoms with Crippen LogP contribution < -0.4 is 17.2 Å². The van der Waals surface area contributed by atoms with Crippen LogP contribution >= 0.6 is 0 Å². The SMILES string of the molecule is NCCCC[C@H](N)C(=O)O.NCCc1ccccc1.O=C(O)CCC(=O)OC(=O)CCC(=O)O.O=Cc1ccc(-c2ccccc2)cc1. The summed E-state index contributed by atoms with van der Waals surface area (Å²) in [5.41, 5.74) is 20.1. The predicted octanol–water partition coefficient (Wildman–Crippen LogP) is 3.67. The number of carboxylic acids is 3. The van der Waals surface area contributed by atoms with Crippen LogP contribution in [0.3, 0.4) is 0 Å². The first-order chi connectivity index (χ1) is 22.9. The first-order valence-electron chi connectivity index (χ1n) is 15.1. The van der Waals surface area contributed by atoms with Gasteiger partial charge in [0, 0.05) is 5.56 Å². The van der Waals surface area contributed by atoms with Crippen LogP contribution in [-0.2, 0) is 35.1 Å². The van der Waals surface area contributed by atoms with Crippen LogP contribution in [0.25, 0.3) is 11.1 Å². The van der Waals surface area contributed by atoms with E-state index in [4.69, 9.17) is 32.5 Å². The Kier molecular flexibility index (Phi) is 24.0. The second-order valence-electron chi connectivity index (χ2n) is 9.99. The van der Waals surface area contributed by atoms with E-state index in [1.165, 1.54) is 11.1 Å². The van der Waals surface area contributed by atoms with E-state index in [0.29, 0.717) is 18.5 Å². The summed E-state index contributed by atoms with van der Waals surface area (Å²) in [6.45, 7) is 1.34. The van der Waals surface area contributed by atoms with Gasteiger partial charge in [0.1, 0.15) is 12.3 Å². The topological polar surface area (TPSA) is 250 Å². The largest absolute Gasteiger partial charge is 0.481 e. The monoisotopic (exact) mass is 667 g/mol. The van der Waals surface area contributed by atoms with E-state index in [0.717, 1.165) is 37.7 Å². The molecule has 1 atom stereocenters. The standard InChI is InChI=1S/C13H10O.C8H11N.C8H10O7.C6H14N2O2/c14-10-11-6-8-13(9-7-11)12-4-2-1-3-5-12;9-7-6-8-4-2-1-3-5-8;9-5(10)1-3-7(13)15-8(14)4-2-6(11)12;7-4-2-1-3-5(8)6(9)10/h1-10H;1-5H,6-7,9H2;1-4H2,(H,9,10)(H,11,12);5H,1-4,7-8H2,(H,9,10)/t;;;5-/m...0/s1. The number of carbonyl (C=O) groups is 6. The van der Waals surface area contributed by atoms with Gasteiger partial charge in [-0.2, -0.15) is 0 Å². The number of aldehydes is 1. The lowest BCUT2D eigenvalue weighted by atomic mass is 10.0. The third-order valence-electron chi connectivity index (χ3n) is 6.03. The average Bonchev–Trinajstić information content (AvgIpc) is 3.08. The number of carboxylic acid groups (broad SMARTS) is 3. The van der Waals surface area contributed by atoms with Gasteiger partial charge in [-0.3, -0.25) is 28.8 Å². The number of aliphatic carboxylic acids is 3. The molecule has 0 aromatic heterocycles. The molecular weight excluding hydrogens is 622 g/mol. The number of carbonyl (C=O) groups excluding carboxylic acids is 3. The molecule has 0 radical (unpaired) electrons. The van der Waals surface area contributed by atoms with E-state index >= 15 is 0 Å². The van der Waals surface area contributed by atoms with Crippen LogP contribution in [0.1, 0.15) is 60.9 Å². The van der Waals surface area contributed by atoms with E-state index in [1.807, 2.05) is 60.7 Å².